The number of aliphatic imine (C=N–C) groups is 1. The van der Waals surface area contributed by atoms with Crippen molar-refractivity contribution in [1.29, 1.82) is 0 Å². The van der Waals surface area contributed by atoms with Gasteiger partial charge in [0.15, 0.2) is 11.5 Å². The molecular formula is C19H20FN3O2. The average molecular weight is 341 g/mol. The Morgan fingerprint density at radius 1 is 1.16 bits per heavy atom. The maximum absolute atomic E-state index is 13.4. The minimum absolute atomic E-state index is 0.169. The molecule has 2 aliphatic rings. The fraction of sp³-hybridized carbons (Fsp3) is 0.316. The molecule has 2 unspecified atom stereocenters. The molecule has 2 aromatic carbocycles. The van der Waals surface area contributed by atoms with Crippen LogP contribution in [0.5, 0.6) is 11.5 Å². The number of hydrogen-bond donors (Lipinski definition) is 1. The van der Waals surface area contributed by atoms with Crippen molar-refractivity contribution in [2.75, 3.05) is 21.3 Å². The highest BCUT2D eigenvalue weighted by Gasteiger charge is 2.44. The van der Waals surface area contributed by atoms with E-state index in [1.807, 2.05) is 19.2 Å². The lowest BCUT2D eigenvalue weighted by molar-refractivity contribution is 0.233. The van der Waals surface area contributed by atoms with E-state index >= 15 is 0 Å². The van der Waals surface area contributed by atoms with Crippen LogP contribution in [0.1, 0.15) is 17.2 Å². The Bertz CT molecular complexity index is 853. The fourth-order valence-electron chi connectivity index (χ4n) is 3.80. The highest BCUT2D eigenvalue weighted by molar-refractivity contribution is 5.90. The molecule has 0 saturated carbocycles. The molecule has 1 aliphatic heterocycles. The standard InChI is InChI=1S/C19H20FN3O2/c1-23-18-14-10-17(25-3)16(24-2)8-11(14)7-15(18)19(22-23)21-13-6-4-5-12(20)9-13/h4-6,8-10,15,18H,7H2,1-3H3,(H,21,22). The molecule has 0 amide bonds. The van der Waals surface area contributed by atoms with E-state index in [2.05, 4.69) is 15.4 Å². The Kier molecular flexibility index (Phi) is 3.84. The molecule has 1 saturated heterocycles. The van der Waals surface area contributed by atoms with Crippen LogP contribution in [0.4, 0.5) is 10.1 Å². The van der Waals surface area contributed by atoms with Gasteiger partial charge in [-0.25, -0.2) is 14.4 Å². The van der Waals surface area contributed by atoms with Gasteiger partial charge in [0.2, 0.25) is 0 Å². The van der Waals surface area contributed by atoms with Crippen molar-refractivity contribution < 1.29 is 13.9 Å². The largest absolute Gasteiger partial charge is 0.493 e. The maximum atomic E-state index is 13.4. The van der Waals surface area contributed by atoms with Gasteiger partial charge in [-0.05, 0) is 47.9 Å². The Hall–Kier alpha value is -2.60. The molecule has 130 valence electrons. The number of amidine groups is 1. The molecule has 6 heteroatoms. The van der Waals surface area contributed by atoms with Crippen molar-refractivity contribution in [1.82, 2.24) is 10.4 Å². The summed E-state index contributed by atoms with van der Waals surface area (Å²) in [5, 5.41) is 2.06. The van der Waals surface area contributed by atoms with Gasteiger partial charge in [-0.1, -0.05) is 6.07 Å². The normalized spacial score (nSPS) is 23.3. The van der Waals surface area contributed by atoms with Crippen LogP contribution in [0.3, 0.4) is 0 Å². The SMILES string of the molecule is COc1cc2c(cc1OC)C1C(C2)C(=Nc2cccc(F)c2)NN1C. The summed E-state index contributed by atoms with van der Waals surface area (Å²) in [5.74, 6) is 2.23. The highest BCUT2D eigenvalue weighted by Crippen LogP contribution is 2.47. The Labute approximate surface area is 146 Å². The molecule has 0 aromatic heterocycles. The van der Waals surface area contributed by atoms with Gasteiger partial charge in [-0.15, -0.1) is 0 Å². The van der Waals surface area contributed by atoms with Crippen molar-refractivity contribution in [2.24, 2.45) is 10.9 Å². The van der Waals surface area contributed by atoms with Crippen molar-refractivity contribution in [2.45, 2.75) is 12.5 Å². The van der Waals surface area contributed by atoms with Crippen LogP contribution in [-0.4, -0.2) is 32.1 Å². The van der Waals surface area contributed by atoms with Crippen LogP contribution in [-0.2, 0) is 6.42 Å². The molecule has 1 aliphatic carbocycles. The molecule has 1 heterocycles. The van der Waals surface area contributed by atoms with E-state index < -0.39 is 0 Å². The first kappa shape index (κ1) is 15.9. The molecule has 2 atom stereocenters. The summed E-state index contributed by atoms with van der Waals surface area (Å²) in [5.41, 5.74) is 6.37. The predicted octanol–water partition coefficient (Wildman–Crippen LogP) is 3.24. The second-order valence-corrected chi connectivity index (χ2v) is 6.36. The van der Waals surface area contributed by atoms with Crippen LogP contribution in [0.2, 0.25) is 0 Å². The molecule has 1 N–H and O–H groups in total. The van der Waals surface area contributed by atoms with Crippen molar-refractivity contribution in [3.8, 4) is 11.5 Å². The zero-order valence-electron chi connectivity index (χ0n) is 14.4. The number of nitrogens with one attached hydrogen (secondary N) is 1. The number of rotatable bonds is 3. The van der Waals surface area contributed by atoms with Gasteiger partial charge in [-0.3, -0.25) is 0 Å². The van der Waals surface area contributed by atoms with E-state index in [0.717, 1.165) is 23.8 Å². The van der Waals surface area contributed by atoms with Gasteiger partial charge >= 0.3 is 0 Å². The number of halogens is 1. The first-order valence-corrected chi connectivity index (χ1v) is 8.19. The average Bonchev–Trinajstić information content (AvgIpc) is 3.11. The number of hydrazine groups is 1. The first-order chi connectivity index (χ1) is 12.1. The summed E-state index contributed by atoms with van der Waals surface area (Å²) < 4.78 is 24.3. The number of ether oxygens (including phenoxy) is 2. The summed E-state index contributed by atoms with van der Waals surface area (Å²) in [6.07, 6.45) is 0.853. The zero-order valence-corrected chi connectivity index (χ0v) is 14.4. The van der Waals surface area contributed by atoms with E-state index in [1.165, 1.54) is 23.3 Å². The third-order valence-corrected chi connectivity index (χ3v) is 4.90. The molecule has 5 nitrogen and oxygen atoms in total. The van der Waals surface area contributed by atoms with Gasteiger partial charge in [-0.2, -0.15) is 0 Å². The van der Waals surface area contributed by atoms with Crippen LogP contribution >= 0.6 is 0 Å². The van der Waals surface area contributed by atoms with Gasteiger partial charge < -0.3 is 14.9 Å². The predicted molar refractivity (Wildman–Crippen MR) is 93.9 cm³/mol. The second kappa shape index (κ2) is 6.04. The van der Waals surface area contributed by atoms with Crippen molar-refractivity contribution in [3.63, 3.8) is 0 Å². The monoisotopic (exact) mass is 341 g/mol. The van der Waals surface area contributed by atoms with Crippen LogP contribution in [0.15, 0.2) is 41.4 Å². The third kappa shape index (κ3) is 2.62. The summed E-state index contributed by atoms with van der Waals surface area (Å²) in [6, 6.07) is 10.6. The van der Waals surface area contributed by atoms with E-state index in [-0.39, 0.29) is 17.8 Å². The second-order valence-electron chi connectivity index (χ2n) is 6.36. The Morgan fingerprint density at radius 2 is 1.92 bits per heavy atom. The molecule has 4 rings (SSSR count). The fourth-order valence-corrected chi connectivity index (χ4v) is 3.80. The number of fused-ring (bicyclic) bond motifs is 3. The van der Waals surface area contributed by atoms with Crippen molar-refractivity contribution in [3.05, 3.63) is 53.3 Å². The Morgan fingerprint density at radius 3 is 2.64 bits per heavy atom. The minimum Gasteiger partial charge on any atom is -0.493 e. The van der Waals surface area contributed by atoms with Gasteiger partial charge in [0, 0.05) is 13.0 Å². The van der Waals surface area contributed by atoms with Gasteiger partial charge in [0.1, 0.15) is 11.7 Å². The number of methoxy groups -OCH3 is 2. The van der Waals surface area contributed by atoms with Crippen molar-refractivity contribution >= 4 is 11.5 Å². The maximum Gasteiger partial charge on any atom is 0.161 e. The Balaban J connectivity index is 1.72. The number of hydrogen-bond acceptors (Lipinski definition) is 4. The summed E-state index contributed by atoms with van der Waals surface area (Å²) in [7, 11) is 5.28. The minimum atomic E-state index is -0.283. The molecule has 0 radical (unpaired) electrons. The number of nitrogens with zero attached hydrogens (tertiary/aromatic N) is 2. The van der Waals surface area contributed by atoms with Gasteiger partial charge in [0.05, 0.1) is 25.9 Å². The van der Waals surface area contributed by atoms with Crippen LogP contribution < -0.4 is 14.9 Å². The molecule has 0 spiro atoms. The molecule has 0 bridgehead atoms. The van der Waals surface area contributed by atoms with Crippen LogP contribution in [0.25, 0.3) is 0 Å². The van der Waals surface area contributed by atoms with E-state index in [0.29, 0.717) is 5.69 Å². The summed E-state index contributed by atoms with van der Waals surface area (Å²) in [4.78, 5) is 4.64. The molecule has 2 aromatic rings. The molecular weight excluding hydrogens is 321 g/mol. The highest BCUT2D eigenvalue weighted by atomic mass is 19.1. The smallest absolute Gasteiger partial charge is 0.161 e. The zero-order chi connectivity index (χ0) is 17.6. The summed E-state index contributed by atoms with van der Waals surface area (Å²) in [6.45, 7) is 0. The lowest BCUT2D eigenvalue weighted by atomic mass is 10.0. The van der Waals surface area contributed by atoms with Crippen LogP contribution in [0, 0.1) is 11.7 Å². The lowest BCUT2D eigenvalue weighted by Gasteiger charge is -2.19. The lowest BCUT2D eigenvalue weighted by Crippen LogP contribution is -2.31. The first-order valence-electron chi connectivity index (χ1n) is 8.19. The quantitative estimate of drug-likeness (QED) is 0.931. The molecule has 25 heavy (non-hydrogen) atoms. The van der Waals surface area contributed by atoms with E-state index in [9.17, 15) is 4.39 Å². The third-order valence-electron chi connectivity index (χ3n) is 4.90. The van der Waals surface area contributed by atoms with E-state index in [4.69, 9.17) is 9.47 Å². The summed E-state index contributed by atoms with van der Waals surface area (Å²) >= 11 is 0. The van der Waals surface area contributed by atoms with E-state index in [1.54, 1.807) is 26.4 Å². The molecule has 1 fully saturated rings. The van der Waals surface area contributed by atoms with Gasteiger partial charge in [0.25, 0.3) is 0 Å². The number of benzene rings is 2. The topological polar surface area (TPSA) is 46.1 Å².